The van der Waals surface area contributed by atoms with Crippen molar-refractivity contribution in [3.63, 3.8) is 0 Å². The molecule has 0 unspecified atom stereocenters. The zero-order valence-corrected chi connectivity index (χ0v) is 11.1. The predicted molar refractivity (Wildman–Crippen MR) is 71.0 cm³/mol. The van der Waals surface area contributed by atoms with E-state index in [1.54, 1.807) is 16.8 Å². The molecule has 2 aromatic rings. The summed E-state index contributed by atoms with van der Waals surface area (Å²) in [5.74, 6) is 0.123. The van der Waals surface area contributed by atoms with Crippen molar-refractivity contribution >= 4 is 5.69 Å². The summed E-state index contributed by atoms with van der Waals surface area (Å²) < 4.78 is 1.66. The number of hydrogen-bond acceptors (Lipinski definition) is 5. The Morgan fingerprint density at radius 1 is 1.40 bits per heavy atom. The number of benzene rings is 1. The van der Waals surface area contributed by atoms with Crippen LogP contribution in [0.1, 0.15) is 36.7 Å². The van der Waals surface area contributed by atoms with E-state index in [1.165, 1.54) is 12.1 Å². The standard InChI is InChI=1S/C13H13N5O2/c1-9(2)13-12(7-14)15-16-17(13)8-10-3-5-11(6-4-10)18(19)20/h3-6,9H,8H2,1-2H3. The maximum Gasteiger partial charge on any atom is 0.269 e. The van der Waals surface area contributed by atoms with E-state index in [0.29, 0.717) is 12.2 Å². The minimum atomic E-state index is -0.438. The Balaban J connectivity index is 2.28. The van der Waals surface area contributed by atoms with Gasteiger partial charge in [-0.05, 0) is 11.5 Å². The Morgan fingerprint density at radius 2 is 2.05 bits per heavy atom. The van der Waals surface area contributed by atoms with Crippen LogP contribution in [-0.4, -0.2) is 19.9 Å². The molecule has 0 fully saturated rings. The Bertz CT molecular complexity index is 667. The van der Waals surface area contributed by atoms with Crippen molar-refractivity contribution in [3.05, 3.63) is 51.3 Å². The van der Waals surface area contributed by atoms with Crippen LogP contribution in [0, 0.1) is 21.4 Å². The summed E-state index contributed by atoms with van der Waals surface area (Å²) in [6.07, 6.45) is 0. The van der Waals surface area contributed by atoms with Gasteiger partial charge in [0.2, 0.25) is 0 Å². The highest BCUT2D eigenvalue weighted by Gasteiger charge is 2.16. The molecule has 0 bridgehead atoms. The van der Waals surface area contributed by atoms with E-state index in [1.807, 2.05) is 19.9 Å². The number of nitro benzene ring substituents is 1. The van der Waals surface area contributed by atoms with Gasteiger partial charge in [0.1, 0.15) is 6.07 Å². The summed E-state index contributed by atoms with van der Waals surface area (Å²) in [5.41, 5.74) is 2.01. The maximum atomic E-state index is 10.6. The van der Waals surface area contributed by atoms with Crippen LogP contribution in [0.3, 0.4) is 0 Å². The molecule has 0 saturated heterocycles. The summed E-state index contributed by atoms with van der Waals surface area (Å²) in [5, 5.41) is 27.4. The Labute approximate surface area is 115 Å². The molecule has 0 N–H and O–H groups in total. The molecule has 1 aromatic heterocycles. The molecule has 0 spiro atoms. The van der Waals surface area contributed by atoms with E-state index in [0.717, 1.165) is 11.3 Å². The smallest absolute Gasteiger partial charge is 0.258 e. The maximum absolute atomic E-state index is 10.6. The van der Waals surface area contributed by atoms with Gasteiger partial charge < -0.3 is 0 Å². The highest BCUT2D eigenvalue weighted by atomic mass is 16.6. The lowest BCUT2D eigenvalue weighted by molar-refractivity contribution is -0.384. The zero-order chi connectivity index (χ0) is 14.7. The number of hydrogen-bond donors (Lipinski definition) is 0. The zero-order valence-electron chi connectivity index (χ0n) is 11.1. The van der Waals surface area contributed by atoms with Crippen molar-refractivity contribution in [1.29, 1.82) is 5.26 Å². The second kappa shape index (κ2) is 5.48. The minimum absolute atomic E-state index is 0.0501. The average Bonchev–Trinajstić information content (AvgIpc) is 2.82. The van der Waals surface area contributed by atoms with Crippen molar-refractivity contribution in [2.24, 2.45) is 0 Å². The van der Waals surface area contributed by atoms with Crippen LogP contribution < -0.4 is 0 Å². The van der Waals surface area contributed by atoms with Gasteiger partial charge in [-0.25, -0.2) is 4.68 Å². The van der Waals surface area contributed by atoms with Crippen molar-refractivity contribution in [3.8, 4) is 6.07 Å². The highest BCUT2D eigenvalue weighted by Crippen LogP contribution is 2.19. The summed E-state index contributed by atoms with van der Waals surface area (Å²) in [4.78, 5) is 10.2. The normalized spacial score (nSPS) is 10.5. The molecule has 7 nitrogen and oxygen atoms in total. The molecule has 1 aromatic carbocycles. The number of aromatic nitrogens is 3. The van der Waals surface area contributed by atoms with Crippen molar-refractivity contribution in [1.82, 2.24) is 15.0 Å². The number of nitriles is 1. The van der Waals surface area contributed by atoms with Crippen LogP contribution in [0.4, 0.5) is 5.69 Å². The van der Waals surface area contributed by atoms with Gasteiger partial charge in [-0.15, -0.1) is 5.10 Å². The second-order valence-corrected chi connectivity index (χ2v) is 4.67. The summed E-state index contributed by atoms with van der Waals surface area (Å²) in [6, 6.07) is 8.28. The van der Waals surface area contributed by atoms with Gasteiger partial charge in [-0.3, -0.25) is 10.1 Å². The summed E-state index contributed by atoms with van der Waals surface area (Å²) in [6.45, 7) is 4.36. The topological polar surface area (TPSA) is 97.6 Å². The molecule has 1 heterocycles. The van der Waals surface area contributed by atoms with Crippen LogP contribution in [0.25, 0.3) is 0 Å². The van der Waals surface area contributed by atoms with Crippen LogP contribution in [0.5, 0.6) is 0 Å². The molecule has 7 heteroatoms. The van der Waals surface area contributed by atoms with Gasteiger partial charge >= 0.3 is 0 Å². The SMILES string of the molecule is CC(C)c1c(C#N)nnn1Cc1ccc([N+](=O)[O-])cc1. The van der Waals surface area contributed by atoms with Crippen LogP contribution in [-0.2, 0) is 6.54 Å². The summed E-state index contributed by atoms with van der Waals surface area (Å²) in [7, 11) is 0. The second-order valence-electron chi connectivity index (χ2n) is 4.67. The summed E-state index contributed by atoms with van der Waals surface area (Å²) >= 11 is 0. The molecule has 0 aliphatic heterocycles. The van der Waals surface area contributed by atoms with Gasteiger partial charge in [-0.1, -0.05) is 31.2 Å². The van der Waals surface area contributed by atoms with Gasteiger partial charge in [0.15, 0.2) is 5.69 Å². The average molecular weight is 271 g/mol. The van der Waals surface area contributed by atoms with Gasteiger partial charge in [0.05, 0.1) is 17.2 Å². The van der Waals surface area contributed by atoms with Crippen LogP contribution in [0.2, 0.25) is 0 Å². The van der Waals surface area contributed by atoms with Crippen LogP contribution >= 0.6 is 0 Å². The van der Waals surface area contributed by atoms with E-state index in [4.69, 9.17) is 5.26 Å². The molecule has 0 aliphatic rings. The quantitative estimate of drug-likeness (QED) is 0.627. The largest absolute Gasteiger partial charge is 0.269 e. The van der Waals surface area contributed by atoms with Crippen molar-refractivity contribution in [2.45, 2.75) is 26.3 Å². The Kier molecular flexibility index (Phi) is 3.75. The molecule has 0 radical (unpaired) electrons. The predicted octanol–water partition coefficient (Wildman–Crippen LogP) is 2.23. The first-order valence-electron chi connectivity index (χ1n) is 6.09. The molecule has 0 saturated carbocycles. The lowest BCUT2D eigenvalue weighted by Crippen LogP contribution is -2.08. The third kappa shape index (κ3) is 2.64. The lowest BCUT2D eigenvalue weighted by Gasteiger charge is -2.09. The van der Waals surface area contributed by atoms with E-state index in [9.17, 15) is 10.1 Å². The number of non-ortho nitro benzene ring substituents is 1. The third-order valence-electron chi connectivity index (χ3n) is 2.91. The van der Waals surface area contributed by atoms with E-state index in [-0.39, 0.29) is 11.6 Å². The van der Waals surface area contributed by atoms with Crippen LogP contribution in [0.15, 0.2) is 24.3 Å². The number of nitrogens with zero attached hydrogens (tertiary/aromatic N) is 5. The van der Waals surface area contributed by atoms with Crippen molar-refractivity contribution < 1.29 is 4.92 Å². The monoisotopic (exact) mass is 271 g/mol. The molecular formula is C13H13N5O2. The third-order valence-corrected chi connectivity index (χ3v) is 2.91. The molecule has 102 valence electrons. The first-order chi connectivity index (χ1) is 9.52. The molecule has 0 amide bonds. The number of rotatable bonds is 4. The molecular weight excluding hydrogens is 258 g/mol. The Morgan fingerprint density at radius 3 is 2.55 bits per heavy atom. The Hall–Kier alpha value is -2.75. The first-order valence-corrected chi connectivity index (χ1v) is 6.09. The minimum Gasteiger partial charge on any atom is -0.258 e. The van der Waals surface area contributed by atoms with Crippen molar-refractivity contribution in [2.75, 3.05) is 0 Å². The lowest BCUT2D eigenvalue weighted by atomic mass is 10.1. The molecule has 0 atom stereocenters. The van der Waals surface area contributed by atoms with E-state index < -0.39 is 4.92 Å². The molecule has 2 rings (SSSR count). The molecule has 0 aliphatic carbocycles. The first kappa shape index (κ1) is 13.7. The fourth-order valence-electron chi connectivity index (χ4n) is 1.98. The van der Waals surface area contributed by atoms with E-state index in [2.05, 4.69) is 10.3 Å². The van der Waals surface area contributed by atoms with Gasteiger partial charge in [0, 0.05) is 12.1 Å². The fourth-order valence-corrected chi connectivity index (χ4v) is 1.98. The van der Waals surface area contributed by atoms with E-state index >= 15 is 0 Å². The molecule has 20 heavy (non-hydrogen) atoms. The fraction of sp³-hybridized carbons (Fsp3) is 0.308. The highest BCUT2D eigenvalue weighted by molar-refractivity contribution is 5.33. The number of nitro groups is 1. The van der Waals surface area contributed by atoms with Gasteiger partial charge in [-0.2, -0.15) is 5.26 Å². The van der Waals surface area contributed by atoms with Gasteiger partial charge in [0.25, 0.3) is 5.69 Å².